The molecule has 0 bridgehead atoms. The van der Waals surface area contributed by atoms with Gasteiger partial charge < -0.3 is 25.4 Å². The molecule has 0 aliphatic carbocycles. The number of hydrogen-bond donors (Lipinski definition) is 4. The van der Waals surface area contributed by atoms with Crippen molar-refractivity contribution in [3.63, 3.8) is 0 Å². The van der Waals surface area contributed by atoms with Gasteiger partial charge in [-0.1, -0.05) is 55.5 Å². The lowest BCUT2D eigenvalue weighted by Gasteiger charge is -2.25. The van der Waals surface area contributed by atoms with Crippen molar-refractivity contribution in [2.45, 2.75) is 51.2 Å². The maximum atomic E-state index is 13.7. The second-order valence-corrected chi connectivity index (χ2v) is 13.3. The number of carboxylic acid groups (broad SMARTS) is 1. The Morgan fingerprint density at radius 3 is 2.40 bits per heavy atom. The molecule has 0 saturated heterocycles. The second-order valence-electron chi connectivity index (χ2n) is 11.1. The normalized spacial score (nSPS) is 15.2. The van der Waals surface area contributed by atoms with E-state index in [1.165, 1.54) is 17.4 Å². The van der Waals surface area contributed by atoms with Crippen LogP contribution < -0.4 is 14.9 Å². The SMILES string of the molecule is CCc1cn2c3c(cc(C(=O)N[C@@H](Cc4ccccc4)[C@H](O)CNCc4cccc(C(F)(F)F)c4)cc13)N(C)S(=O)(=O)CC2.O=CO. The molecule has 2 atom stereocenters. The van der Waals surface area contributed by atoms with Crippen LogP contribution in [0, 0.1) is 0 Å². The molecule has 14 heteroatoms. The Hall–Kier alpha value is -4.40. The first-order valence-corrected chi connectivity index (χ1v) is 16.5. The Balaban J connectivity index is 0.00000160. The fraction of sp³-hybridized carbons (Fsp3) is 0.333. The fourth-order valence-electron chi connectivity index (χ4n) is 5.58. The van der Waals surface area contributed by atoms with Crippen LogP contribution in [0.5, 0.6) is 0 Å². The quantitative estimate of drug-likeness (QED) is 0.185. The van der Waals surface area contributed by atoms with Crippen LogP contribution in [0.3, 0.4) is 0 Å². The number of nitrogens with zero attached hydrogens (tertiary/aromatic N) is 2. The van der Waals surface area contributed by atoms with E-state index >= 15 is 0 Å². The molecule has 0 unspecified atom stereocenters. The first-order valence-electron chi connectivity index (χ1n) is 14.9. The van der Waals surface area contributed by atoms with Crippen LogP contribution in [0.2, 0.25) is 0 Å². The number of carbonyl (C=O) groups is 2. The number of aliphatic hydroxyl groups excluding tert-OH is 1. The smallest absolute Gasteiger partial charge is 0.416 e. The highest BCUT2D eigenvalue weighted by atomic mass is 32.2. The summed E-state index contributed by atoms with van der Waals surface area (Å²) in [6, 6.07) is 16.8. The number of aryl methyl sites for hydroxylation is 2. The number of hydrogen-bond acceptors (Lipinski definition) is 6. The Kier molecular flexibility index (Phi) is 11.3. The van der Waals surface area contributed by atoms with E-state index in [4.69, 9.17) is 9.90 Å². The molecule has 0 saturated carbocycles. The van der Waals surface area contributed by atoms with Crippen molar-refractivity contribution in [1.82, 2.24) is 15.2 Å². The molecule has 252 valence electrons. The molecule has 0 spiro atoms. The highest BCUT2D eigenvalue weighted by molar-refractivity contribution is 7.92. The molecule has 4 N–H and O–H groups in total. The summed E-state index contributed by atoms with van der Waals surface area (Å²) in [6.45, 7) is 2.14. The standard InChI is InChI=1S/C32H35F3N4O4S.CH2O2/c1-3-23-20-39-12-13-44(42,43)38(2)28-17-24(16-26(23)30(28)39)31(41)37-27(15-21-8-5-4-6-9-21)29(40)19-36-18-22-10-7-11-25(14-22)32(33,34)35;2-1-3/h4-11,14,16-17,20,27,29,36,40H,3,12-13,15,18-19H2,1-2H3,(H,37,41);1H,(H,2,3)/t27-,29+;/m0./s1. The number of rotatable bonds is 10. The van der Waals surface area contributed by atoms with Gasteiger partial charge in [-0.15, -0.1) is 0 Å². The molecule has 1 aromatic heterocycles. The zero-order valence-electron chi connectivity index (χ0n) is 25.9. The average molecular weight is 675 g/mol. The summed E-state index contributed by atoms with van der Waals surface area (Å²) >= 11 is 0. The molecule has 4 aromatic rings. The zero-order valence-corrected chi connectivity index (χ0v) is 26.7. The lowest BCUT2D eigenvalue weighted by molar-refractivity contribution is -0.137. The minimum Gasteiger partial charge on any atom is -0.483 e. The van der Waals surface area contributed by atoms with Crippen molar-refractivity contribution >= 4 is 39.0 Å². The van der Waals surface area contributed by atoms with Gasteiger partial charge in [-0.2, -0.15) is 13.2 Å². The van der Waals surface area contributed by atoms with Crippen LogP contribution in [-0.2, 0) is 46.9 Å². The van der Waals surface area contributed by atoms with Gasteiger partial charge in [0.05, 0.1) is 34.7 Å². The van der Waals surface area contributed by atoms with Crippen LogP contribution in [-0.4, -0.2) is 67.1 Å². The first-order chi connectivity index (χ1) is 22.3. The summed E-state index contributed by atoms with van der Waals surface area (Å²) in [6.07, 6.45) is -2.63. The lowest BCUT2D eigenvalue weighted by Crippen LogP contribution is -2.48. The summed E-state index contributed by atoms with van der Waals surface area (Å²) < 4.78 is 68.3. The molecular weight excluding hydrogens is 637 g/mol. The van der Waals surface area contributed by atoms with E-state index < -0.39 is 39.8 Å². The van der Waals surface area contributed by atoms with Crippen LogP contribution in [0.15, 0.2) is 72.9 Å². The number of amides is 1. The van der Waals surface area contributed by atoms with Crippen LogP contribution in [0.1, 0.15) is 39.5 Å². The van der Waals surface area contributed by atoms with E-state index in [1.54, 1.807) is 18.2 Å². The molecule has 1 amide bonds. The van der Waals surface area contributed by atoms with Gasteiger partial charge >= 0.3 is 6.18 Å². The van der Waals surface area contributed by atoms with Crippen molar-refractivity contribution in [3.05, 3.63) is 101 Å². The number of alkyl halides is 3. The molecule has 10 nitrogen and oxygen atoms in total. The minimum atomic E-state index is -4.46. The number of benzene rings is 3. The molecule has 2 heterocycles. The van der Waals surface area contributed by atoms with E-state index in [0.717, 1.165) is 34.2 Å². The van der Waals surface area contributed by atoms with Gasteiger partial charge in [0.1, 0.15) is 0 Å². The Labute approximate surface area is 270 Å². The Morgan fingerprint density at radius 2 is 1.74 bits per heavy atom. The predicted octanol–water partition coefficient (Wildman–Crippen LogP) is 4.19. The van der Waals surface area contributed by atoms with Crippen molar-refractivity contribution in [2.75, 3.05) is 23.7 Å². The number of carbonyl (C=O) groups excluding carboxylic acids is 1. The van der Waals surface area contributed by atoms with Gasteiger partial charge in [-0.25, -0.2) is 8.42 Å². The van der Waals surface area contributed by atoms with Crippen molar-refractivity contribution in [2.24, 2.45) is 0 Å². The molecule has 3 aromatic carbocycles. The summed E-state index contributed by atoms with van der Waals surface area (Å²) in [7, 11) is -2.11. The van der Waals surface area contributed by atoms with Gasteiger partial charge in [-0.05, 0) is 47.7 Å². The molecule has 1 aliphatic heterocycles. The van der Waals surface area contributed by atoms with E-state index in [0.29, 0.717) is 30.6 Å². The minimum absolute atomic E-state index is 0.00211. The largest absolute Gasteiger partial charge is 0.483 e. The van der Waals surface area contributed by atoms with Gasteiger partial charge in [0, 0.05) is 43.8 Å². The molecular formula is C33H37F3N4O6S. The van der Waals surface area contributed by atoms with Crippen molar-refractivity contribution in [1.29, 1.82) is 0 Å². The van der Waals surface area contributed by atoms with Crippen molar-refractivity contribution in [3.8, 4) is 0 Å². The van der Waals surface area contributed by atoms with Crippen LogP contribution in [0.4, 0.5) is 18.9 Å². The molecule has 5 rings (SSSR count). The topological polar surface area (TPSA) is 141 Å². The number of halogens is 3. The summed E-state index contributed by atoms with van der Waals surface area (Å²) in [5, 5.41) is 24.8. The third-order valence-electron chi connectivity index (χ3n) is 8.04. The monoisotopic (exact) mass is 674 g/mol. The fourth-order valence-corrected chi connectivity index (χ4v) is 6.73. The van der Waals surface area contributed by atoms with Gasteiger partial charge in [0.15, 0.2) is 0 Å². The van der Waals surface area contributed by atoms with E-state index in [-0.39, 0.29) is 30.9 Å². The van der Waals surface area contributed by atoms with E-state index in [2.05, 4.69) is 10.6 Å². The highest BCUT2D eigenvalue weighted by Gasteiger charge is 2.31. The first kappa shape index (κ1) is 35.5. The summed E-state index contributed by atoms with van der Waals surface area (Å²) in [4.78, 5) is 22.1. The third kappa shape index (κ3) is 8.50. The molecule has 47 heavy (non-hydrogen) atoms. The second kappa shape index (κ2) is 15.0. The van der Waals surface area contributed by atoms with E-state index in [9.17, 15) is 31.5 Å². The maximum absolute atomic E-state index is 13.7. The Morgan fingerprint density at radius 1 is 1.06 bits per heavy atom. The lowest BCUT2D eigenvalue weighted by atomic mass is 9.99. The van der Waals surface area contributed by atoms with Gasteiger partial charge in [-0.3, -0.25) is 13.9 Å². The number of sulfonamides is 1. The Bertz CT molecular complexity index is 1810. The summed E-state index contributed by atoms with van der Waals surface area (Å²) in [5.74, 6) is -0.545. The van der Waals surface area contributed by atoms with Gasteiger partial charge in [0.25, 0.3) is 12.4 Å². The number of aliphatic hydroxyl groups is 1. The summed E-state index contributed by atoms with van der Waals surface area (Å²) in [5.41, 5.74) is 2.93. The molecule has 0 fully saturated rings. The molecule has 1 aliphatic rings. The van der Waals surface area contributed by atoms with E-state index in [1.807, 2.05) is 48.0 Å². The number of aromatic nitrogens is 1. The number of nitrogens with one attached hydrogen (secondary N) is 2. The number of anilines is 1. The maximum Gasteiger partial charge on any atom is 0.416 e. The van der Waals surface area contributed by atoms with Crippen molar-refractivity contribution < 1.29 is 41.4 Å². The highest BCUT2D eigenvalue weighted by Crippen LogP contribution is 2.36. The zero-order chi connectivity index (χ0) is 34.4. The van der Waals surface area contributed by atoms with Crippen LogP contribution >= 0.6 is 0 Å². The average Bonchev–Trinajstić information content (AvgIpc) is 3.37. The predicted molar refractivity (Wildman–Crippen MR) is 173 cm³/mol. The third-order valence-corrected chi connectivity index (χ3v) is 9.77. The molecule has 0 radical (unpaired) electrons. The van der Waals surface area contributed by atoms with Crippen LogP contribution in [0.25, 0.3) is 10.9 Å². The van der Waals surface area contributed by atoms with Gasteiger partial charge in [0.2, 0.25) is 10.0 Å².